The molecule has 1 N–H and O–H groups in total. The molecule has 4 aromatic rings. The van der Waals surface area contributed by atoms with Crippen LogP contribution in [0.4, 0.5) is 5.13 Å². The Labute approximate surface area is 187 Å². The average Bonchev–Trinajstić information content (AvgIpc) is 3.27. The van der Waals surface area contributed by atoms with Gasteiger partial charge in [-0.1, -0.05) is 66.0 Å². The highest BCUT2D eigenvalue weighted by atomic mass is 32.2. The summed E-state index contributed by atoms with van der Waals surface area (Å²) in [5.41, 5.74) is 2.80. The molecular formula is C22H18N4OS3. The number of thiazole rings is 1. The van der Waals surface area contributed by atoms with E-state index in [1.165, 1.54) is 46.0 Å². The Morgan fingerprint density at radius 3 is 2.63 bits per heavy atom. The smallest absolute Gasteiger partial charge is 0.277 e. The van der Waals surface area contributed by atoms with Crippen molar-refractivity contribution in [2.24, 2.45) is 0 Å². The molecule has 1 amide bonds. The number of carbonyl (C=O) groups excluding carboxylic acids is 1. The molecule has 2 heterocycles. The molecule has 0 saturated heterocycles. The van der Waals surface area contributed by atoms with Gasteiger partial charge in [0, 0.05) is 28.4 Å². The molecule has 0 aliphatic heterocycles. The molecule has 0 fully saturated rings. The second kappa shape index (κ2) is 9.88. The number of anilines is 1. The van der Waals surface area contributed by atoms with Crippen LogP contribution in [0.25, 0.3) is 0 Å². The van der Waals surface area contributed by atoms with Gasteiger partial charge in [-0.25, -0.2) is 15.0 Å². The Morgan fingerprint density at radius 1 is 1.07 bits per heavy atom. The number of benzene rings is 2. The topological polar surface area (TPSA) is 67.8 Å². The molecule has 0 saturated carbocycles. The van der Waals surface area contributed by atoms with Crippen molar-refractivity contribution in [3.63, 3.8) is 0 Å². The van der Waals surface area contributed by atoms with Gasteiger partial charge in [-0.15, -0.1) is 11.3 Å². The van der Waals surface area contributed by atoms with E-state index in [1.807, 2.05) is 47.8 Å². The van der Waals surface area contributed by atoms with Crippen molar-refractivity contribution in [1.82, 2.24) is 15.0 Å². The molecule has 0 bridgehead atoms. The van der Waals surface area contributed by atoms with E-state index in [1.54, 1.807) is 12.4 Å². The predicted octanol–water partition coefficient (Wildman–Crippen LogP) is 5.94. The van der Waals surface area contributed by atoms with Gasteiger partial charge in [-0.2, -0.15) is 0 Å². The minimum absolute atomic E-state index is 0.288. The summed E-state index contributed by atoms with van der Waals surface area (Å²) < 4.78 is 0. The number of nitrogens with zero attached hydrogens (tertiary/aromatic N) is 3. The third-order valence-corrected chi connectivity index (χ3v) is 6.82. The summed E-state index contributed by atoms with van der Waals surface area (Å²) in [6, 6.07) is 18.1. The van der Waals surface area contributed by atoms with Crippen molar-refractivity contribution < 1.29 is 4.79 Å². The van der Waals surface area contributed by atoms with Gasteiger partial charge in [-0.3, -0.25) is 10.1 Å². The lowest BCUT2D eigenvalue weighted by Crippen LogP contribution is -2.15. The van der Waals surface area contributed by atoms with Crippen LogP contribution in [0.3, 0.4) is 0 Å². The Bertz CT molecular complexity index is 1130. The summed E-state index contributed by atoms with van der Waals surface area (Å²) in [6.07, 6.45) is 3.38. The first kappa shape index (κ1) is 20.6. The summed E-state index contributed by atoms with van der Waals surface area (Å²) >= 11 is 4.36. The Balaban J connectivity index is 1.59. The number of hydrogen-bond donors (Lipinski definition) is 1. The molecule has 0 spiro atoms. The van der Waals surface area contributed by atoms with Crippen LogP contribution >= 0.6 is 34.9 Å². The predicted molar refractivity (Wildman–Crippen MR) is 123 cm³/mol. The molecule has 5 nitrogen and oxygen atoms in total. The number of aryl methyl sites for hydroxylation is 1. The van der Waals surface area contributed by atoms with Gasteiger partial charge in [0.05, 0.1) is 4.90 Å². The zero-order valence-corrected chi connectivity index (χ0v) is 18.6. The maximum atomic E-state index is 12.9. The van der Waals surface area contributed by atoms with Crippen LogP contribution in [-0.2, 0) is 5.75 Å². The lowest BCUT2D eigenvalue weighted by Gasteiger charge is -2.10. The Morgan fingerprint density at radius 2 is 1.87 bits per heavy atom. The first-order chi connectivity index (χ1) is 14.7. The van der Waals surface area contributed by atoms with E-state index < -0.39 is 0 Å². The highest BCUT2D eigenvalue weighted by molar-refractivity contribution is 7.99. The number of thioether (sulfide) groups is 1. The minimum atomic E-state index is -0.288. The van der Waals surface area contributed by atoms with Gasteiger partial charge in [-0.05, 0) is 30.2 Å². The van der Waals surface area contributed by atoms with Crippen molar-refractivity contribution in [3.8, 4) is 0 Å². The van der Waals surface area contributed by atoms with Crippen molar-refractivity contribution in [2.45, 2.75) is 27.6 Å². The SMILES string of the molecule is Cc1ccccc1CSc1ncc(Sc2ccccc2)c(C(=O)Nc2nccs2)n1. The van der Waals surface area contributed by atoms with Gasteiger partial charge in [0.1, 0.15) is 5.69 Å². The number of carbonyl (C=O) groups is 1. The average molecular weight is 451 g/mol. The third-order valence-electron chi connectivity index (χ3n) is 4.19. The molecule has 0 aliphatic carbocycles. The van der Waals surface area contributed by atoms with E-state index in [9.17, 15) is 4.79 Å². The fraction of sp³-hybridized carbons (Fsp3) is 0.0909. The van der Waals surface area contributed by atoms with Gasteiger partial charge < -0.3 is 0 Å². The molecule has 0 aliphatic rings. The second-order valence-electron chi connectivity index (χ2n) is 6.29. The van der Waals surface area contributed by atoms with Crippen molar-refractivity contribution in [3.05, 3.63) is 89.2 Å². The summed E-state index contributed by atoms with van der Waals surface area (Å²) in [6.45, 7) is 2.09. The van der Waals surface area contributed by atoms with Crippen LogP contribution < -0.4 is 5.32 Å². The minimum Gasteiger partial charge on any atom is -0.296 e. The fourth-order valence-corrected chi connectivity index (χ4v) is 4.94. The van der Waals surface area contributed by atoms with Crippen molar-refractivity contribution >= 4 is 45.9 Å². The molecular weight excluding hydrogens is 432 g/mol. The molecule has 150 valence electrons. The summed E-state index contributed by atoms with van der Waals surface area (Å²) in [5.74, 6) is 0.453. The number of aromatic nitrogens is 3. The molecule has 0 atom stereocenters. The zero-order chi connectivity index (χ0) is 20.8. The van der Waals surface area contributed by atoms with Gasteiger partial charge in [0.2, 0.25) is 0 Å². The van der Waals surface area contributed by atoms with Crippen LogP contribution in [0, 0.1) is 6.92 Å². The third kappa shape index (κ3) is 5.27. The van der Waals surface area contributed by atoms with Crippen LogP contribution in [0.2, 0.25) is 0 Å². The van der Waals surface area contributed by atoms with Crippen LogP contribution in [0.15, 0.2) is 87.3 Å². The largest absolute Gasteiger partial charge is 0.296 e. The van der Waals surface area contributed by atoms with E-state index in [0.29, 0.717) is 20.9 Å². The molecule has 0 radical (unpaired) electrons. The first-order valence-electron chi connectivity index (χ1n) is 9.17. The van der Waals surface area contributed by atoms with Gasteiger partial charge in [0.15, 0.2) is 10.3 Å². The van der Waals surface area contributed by atoms with E-state index in [2.05, 4.69) is 39.3 Å². The molecule has 4 rings (SSSR count). The van der Waals surface area contributed by atoms with Crippen molar-refractivity contribution in [2.75, 3.05) is 5.32 Å². The summed E-state index contributed by atoms with van der Waals surface area (Å²) in [5, 5.41) is 5.76. The maximum absolute atomic E-state index is 12.9. The molecule has 0 unspecified atom stereocenters. The normalized spacial score (nSPS) is 10.7. The standard InChI is InChI=1S/C22H18N4OS3/c1-15-7-5-6-8-16(15)14-29-22-24-13-18(30-17-9-3-2-4-10-17)19(25-22)20(27)26-21-23-11-12-28-21/h2-13H,14H2,1H3,(H,23,26,27). The number of amides is 1. The van der Waals surface area contributed by atoms with Crippen molar-refractivity contribution in [1.29, 1.82) is 0 Å². The number of rotatable bonds is 7. The molecule has 2 aromatic heterocycles. The first-order valence-corrected chi connectivity index (χ1v) is 11.9. The maximum Gasteiger partial charge on any atom is 0.277 e. The highest BCUT2D eigenvalue weighted by Gasteiger charge is 2.18. The Hall–Kier alpha value is -2.68. The fourth-order valence-electron chi connectivity index (χ4n) is 2.63. The highest BCUT2D eigenvalue weighted by Crippen LogP contribution is 2.31. The van der Waals surface area contributed by atoms with Crippen LogP contribution in [-0.4, -0.2) is 20.9 Å². The van der Waals surface area contributed by atoms with E-state index in [4.69, 9.17) is 0 Å². The monoisotopic (exact) mass is 450 g/mol. The summed E-state index contributed by atoms with van der Waals surface area (Å²) in [4.78, 5) is 27.9. The molecule has 2 aromatic carbocycles. The number of nitrogens with one attached hydrogen (secondary N) is 1. The molecule has 8 heteroatoms. The lowest BCUT2D eigenvalue weighted by molar-refractivity contribution is 0.101. The second-order valence-corrected chi connectivity index (χ2v) is 9.24. The van der Waals surface area contributed by atoms with Gasteiger partial charge >= 0.3 is 0 Å². The zero-order valence-electron chi connectivity index (χ0n) is 16.1. The van der Waals surface area contributed by atoms with E-state index in [-0.39, 0.29) is 5.91 Å². The quantitative estimate of drug-likeness (QED) is 0.278. The van der Waals surface area contributed by atoms with Crippen LogP contribution in [0.5, 0.6) is 0 Å². The van der Waals surface area contributed by atoms with E-state index in [0.717, 1.165) is 10.6 Å². The number of hydrogen-bond acceptors (Lipinski definition) is 7. The molecule has 30 heavy (non-hydrogen) atoms. The lowest BCUT2D eigenvalue weighted by atomic mass is 10.1. The summed E-state index contributed by atoms with van der Waals surface area (Å²) in [7, 11) is 0. The van der Waals surface area contributed by atoms with Crippen LogP contribution in [0.1, 0.15) is 21.6 Å². The van der Waals surface area contributed by atoms with Gasteiger partial charge in [0.25, 0.3) is 5.91 Å². The van der Waals surface area contributed by atoms with E-state index >= 15 is 0 Å². The Kier molecular flexibility index (Phi) is 6.78.